The van der Waals surface area contributed by atoms with Crippen molar-refractivity contribution in [3.8, 4) is 5.75 Å². The molecule has 0 unspecified atom stereocenters. The van der Waals surface area contributed by atoms with Gasteiger partial charge in [0.2, 0.25) is 5.91 Å². The molecule has 5 rings (SSSR count). The van der Waals surface area contributed by atoms with Crippen LogP contribution in [0.25, 0.3) is 0 Å². The molecule has 182 valence electrons. The molecule has 2 atom stereocenters. The standard InChI is InChI=1S/C27H23FN4O3S/c1-35-21-13-7-17(8-14-21)22-15-23(18-5-3-2-4-6-18)32(31-22)27-30-26(34)24(36-27)16-25(33)29-20-11-9-19(28)10-12-20/h2-14,23-24H,15-16H2,1H3,(H,29,33)/t23-,24-/m1/s1. The van der Waals surface area contributed by atoms with Gasteiger partial charge in [-0.15, -0.1) is 0 Å². The zero-order valence-corrected chi connectivity index (χ0v) is 20.2. The van der Waals surface area contributed by atoms with Gasteiger partial charge in [-0.1, -0.05) is 42.1 Å². The van der Waals surface area contributed by atoms with Gasteiger partial charge in [-0.25, -0.2) is 9.40 Å². The van der Waals surface area contributed by atoms with Crippen molar-refractivity contribution in [2.45, 2.75) is 24.1 Å². The van der Waals surface area contributed by atoms with Crippen LogP contribution in [0.1, 0.15) is 30.0 Å². The predicted molar refractivity (Wildman–Crippen MR) is 139 cm³/mol. The van der Waals surface area contributed by atoms with E-state index in [9.17, 15) is 14.0 Å². The Labute approximate surface area is 212 Å². The summed E-state index contributed by atoms with van der Waals surface area (Å²) in [5, 5.41) is 9.15. The Morgan fingerprint density at radius 1 is 1.08 bits per heavy atom. The molecule has 3 aromatic rings. The number of carbonyl (C=O) groups is 2. The number of amides is 2. The van der Waals surface area contributed by atoms with Gasteiger partial charge in [0.15, 0.2) is 5.17 Å². The van der Waals surface area contributed by atoms with Gasteiger partial charge in [-0.2, -0.15) is 10.1 Å². The van der Waals surface area contributed by atoms with Gasteiger partial charge >= 0.3 is 0 Å². The summed E-state index contributed by atoms with van der Waals surface area (Å²) < 4.78 is 18.4. The van der Waals surface area contributed by atoms with Gasteiger partial charge in [-0.05, 0) is 59.7 Å². The monoisotopic (exact) mass is 502 g/mol. The van der Waals surface area contributed by atoms with Crippen molar-refractivity contribution in [3.05, 3.63) is 95.8 Å². The Kier molecular flexibility index (Phi) is 6.81. The Hall–Kier alpha value is -3.98. The molecule has 3 aromatic carbocycles. The summed E-state index contributed by atoms with van der Waals surface area (Å²) in [6, 6.07) is 23.0. The van der Waals surface area contributed by atoms with Gasteiger partial charge in [0.1, 0.15) is 16.8 Å². The van der Waals surface area contributed by atoms with Gasteiger partial charge in [0.05, 0.1) is 18.9 Å². The number of hydrogen-bond donors (Lipinski definition) is 1. The van der Waals surface area contributed by atoms with Crippen LogP contribution < -0.4 is 10.1 Å². The molecule has 0 saturated heterocycles. The maximum absolute atomic E-state index is 13.1. The molecule has 1 N–H and O–H groups in total. The average molecular weight is 503 g/mol. The van der Waals surface area contributed by atoms with E-state index in [2.05, 4.69) is 10.3 Å². The summed E-state index contributed by atoms with van der Waals surface area (Å²) in [6.07, 6.45) is 0.590. The summed E-state index contributed by atoms with van der Waals surface area (Å²) in [7, 11) is 1.62. The highest BCUT2D eigenvalue weighted by Crippen LogP contribution is 2.38. The zero-order chi connectivity index (χ0) is 25.1. The number of nitrogens with one attached hydrogen (secondary N) is 1. The second kappa shape index (κ2) is 10.3. The van der Waals surface area contributed by atoms with E-state index in [4.69, 9.17) is 9.84 Å². The van der Waals surface area contributed by atoms with Gasteiger partial charge in [-0.3, -0.25) is 9.59 Å². The van der Waals surface area contributed by atoms with E-state index in [0.717, 1.165) is 22.6 Å². The Morgan fingerprint density at radius 2 is 1.81 bits per heavy atom. The van der Waals surface area contributed by atoms with Crippen molar-refractivity contribution < 1.29 is 18.7 Å². The van der Waals surface area contributed by atoms with Crippen LogP contribution in [0.2, 0.25) is 0 Å². The molecule has 2 aliphatic heterocycles. The van der Waals surface area contributed by atoms with Crippen LogP contribution in [-0.4, -0.2) is 40.1 Å². The fourth-order valence-corrected chi connectivity index (χ4v) is 5.16. The molecule has 0 radical (unpaired) electrons. The third kappa shape index (κ3) is 5.16. The van der Waals surface area contributed by atoms with Crippen LogP contribution in [0.4, 0.5) is 10.1 Å². The fraction of sp³-hybridized carbons (Fsp3) is 0.185. The van der Waals surface area contributed by atoms with Gasteiger partial charge in [0, 0.05) is 18.5 Å². The fourth-order valence-electron chi connectivity index (χ4n) is 4.10. The van der Waals surface area contributed by atoms with Gasteiger partial charge < -0.3 is 10.1 Å². The average Bonchev–Trinajstić information content (AvgIpc) is 3.50. The highest BCUT2D eigenvalue weighted by molar-refractivity contribution is 8.15. The highest BCUT2D eigenvalue weighted by Gasteiger charge is 2.39. The normalized spacial score (nSPS) is 19.2. The number of hydrogen-bond acceptors (Lipinski definition) is 6. The van der Waals surface area contributed by atoms with Crippen LogP contribution in [0, 0.1) is 5.82 Å². The van der Waals surface area contributed by atoms with Crippen molar-refractivity contribution in [2.24, 2.45) is 10.1 Å². The smallest absolute Gasteiger partial charge is 0.262 e. The number of thioether (sulfide) groups is 1. The lowest BCUT2D eigenvalue weighted by Gasteiger charge is -2.23. The number of halogens is 1. The maximum atomic E-state index is 13.1. The summed E-state index contributed by atoms with van der Waals surface area (Å²) in [5.41, 5.74) is 3.36. The van der Waals surface area contributed by atoms with E-state index in [1.165, 1.54) is 36.0 Å². The molecule has 36 heavy (non-hydrogen) atoms. The van der Waals surface area contributed by atoms with E-state index in [-0.39, 0.29) is 30.1 Å². The van der Waals surface area contributed by atoms with E-state index in [1.54, 1.807) is 12.1 Å². The molecule has 0 spiro atoms. The van der Waals surface area contributed by atoms with E-state index < -0.39 is 5.25 Å². The molecule has 2 heterocycles. The first-order valence-corrected chi connectivity index (χ1v) is 12.3. The lowest BCUT2D eigenvalue weighted by molar-refractivity contribution is -0.121. The van der Waals surface area contributed by atoms with Crippen molar-refractivity contribution in [3.63, 3.8) is 0 Å². The van der Waals surface area contributed by atoms with Crippen LogP contribution in [0.5, 0.6) is 5.75 Å². The first-order valence-electron chi connectivity index (χ1n) is 11.4. The number of nitrogens with zero attached hydrogens (tertiary/aromatic N) is 3. The minimum atomic E-state index is -0.655. The Morgan fingerprint density at radius 3 is 2.50 bits per heavy atom. The summed E-state index contributed by atoms with van der Waals surface area (Å²) in [6.45, 7) is 0. The number of methoxy groups -OCH3 is 1. The first kappa shape index (κ1) is 23.7. The Bertz CT molecular complexity index is 1330. The summed E-state index contributed by atoms with van der Waals surface area (Å²) in [5.74, 6) is -0.339. The van der Waals surface area contributed by atoms with Crippen molar-refractivity contribution in [1.29, 1.82) is 0 Å². The van der Waals surface area contributed by atoms with Crippen LogP contribution >= 0.6 is 11.8 Å². The molecule has 7 nitrogen and oxygen atoms in total. The van der Waals surface area contributed by atoms with E-state index >= 15 is 0 Å². The predicted octanol–water partition coefficient (Wildman–Crippen LogP) is 5.01. The van der Waals surface area contributed by atoms with Crippen LogP contribution in [0.3, 0.4) is 0 Å². The van der Waals surface area contributed by atoms with Crippen LogP contribution in [-0.2, 0) is 9.59 Å². The molecule has 0 aliphatic carbocycles. The van der Waals surface area contributed by atoms with Gasteiger partial charge in [0.25, 0.3) is 5.91 Å². The molecular formula is C27H23FN4O3S. The third-order valence-electron chi connectivity index (χ3n) is 5.94. The third-order valence-corrected chi connectivity index (χ3v) is 7.08. The molecule has 9 heteroatoms. The number of amidine groups is 1. The second-order valence-corrected chi connectivity index (χ2v) is 9.52. The van der Waals surface area contributed by atoms with E-state index in [1.807, 2.05) is 54.6 Å². The number of rotatable bonds is 6. The topological polar surface area (TPSA) is 83.4 Å². The molecule has 0 bridgehead atoms. The Balaban J connectivity index is 1.33. The van der Waals surface area contributed by atoms with E-state index in [0.29, 0.717) is 17.3 Å². The van der Waals surface area contributed by atoms with Crippen LogP contribution in [0.15, 0.2) is 89.0 Å². The summed E-state index contributed by atoms with van der Waals surface area (Å²) in [4.78, 5) is 29.5. The number of anilines is 1. The minimum Gasteiger partial charge on any atom is -0.497 e. The molecule has 0 aromatic heterocycles. The number of hydrazone groups is 1. The van der Waals surface area contributed by atoms with Crippen molar-refractivity contribution in [1.82, 2.24) is 5.01 Å². The van der Waals surface area contributed by atoms with Crippen molar-refractivity contribution in [2.75, 3.05) is 12.4 Å². The number of ether oxygens (including phenoxy) is 1. The maximum Gasteiger partial charge on any atom is 0.262 e. The SMILES string of the molecule is COc1ccc(C2=NN(C3=NC(=O)[C@@H](CC(=O)Nc4ccc(F)cc4)S3)[C@@H](c3ccccc3)C2)cc1. The first-order chi connectivity index (χ1) is 17.5. The molecule has 0 fully saturated rings. The quantitative estimate of drug-likeness (QED) is 0.512. The summed E-state index contributed by atoms with van der Waals surface area (Å²) >= 11 is 1.24. The second-order valence-electron chi connectivity index (χ2n) is 8.35. The molecular weight excluding hydrogens is 479 g/mol. The number of carbonyl (C=O) groups excluding carboxylic acids is 2. The number of benzene rings is 3. The van der Waals surface area contributed by atoms with Crippen molar-refractivity contribution >= 4 is 40.1 Å². The molecule has 2 aliphatic rings. The molecule has 2 amide bonds. The molecule has 0 saturated carbocycles. The number of aliphatic imine (C=N–C) groups is 1. The zero-order valence-electron chi connectivity index (χ0n) is 19.4. The largest absolute Gasteiger partial charge is 0.497 e. The lowest BCUT2D eigenvalue weighted by Crippen LogP contribution is -2.25. The highest BCUT2D eigenvalue weighted by atomic mass is 32.2. The minimum absolute atomic E-state index is 0.0488. The lowest BCUT2D eigenvalue weighted by atomic mass is 9.98.